The quantitative estimate of drug-likeness (QED) is 0.724. The van der Waals surface area contributed by atoms with Gasteiger partial charge in [0.1, 0.15) is 6.54 Å². The average Bonchev–Trinajstić information content (AvgIpc) is 2.57. The van der Waals surface area contributed by atoms with E-state index in [0.717, 1.165) is 26.2 Å². The largest absolute Gasteiger partial charge is 0.465 e. The van der Waals surface area contributed by atoms with Crippen molar-refractivity contribution in [1.29, 1.82) is 0 Å². The zero-order chi connectivity index (χ0) is 18.4. The molecule has 0 aliphatic heterocycles. The number of methoxy groups -OCH3 is 1. The maximum Gasteiger partial charge on any atom is 0.337 e. The highest BCUT2D eigenvalue weighted by Gasteiger charge is 2.13. The number of halogens is 1. The first-order chi connectivity index (χ1) is 11.9. The summed E-state index contributed by atoms with van der Waals surface area (Å²) in [5.41, 5.74) is 3.41. The maximum atomic E-state index is 12.2. The summed E-state index contributed by atoms with van der Waals surface area (Å²) in [6, 6.07) is 13.0. The van der Waals surface area contributed by atoms with Gasteiger partial charge in [-0.1, -0.05) is 28.1 Å². The lowest BCUT2D eigenvalue weighted by atomic mass is 10.1. The van der Waals surface area contributed by atoms with Crippen molar-refractivity contribution in [3.63, 3.8) is 0 Å². The van der Waals surface area contributed by atoms with Crippen LogP contribution in [-0.4, -0.2) is 32.6 Å². The number of nitrogens with one attached hydrogen (secondary N) is 2. The van der Waals surface area contributed by atoms with E-state index >= 15 is 0 Å². The number of esters is 1. The second-order valence-corrected chi connectivity index (χ2v) is 6.92. The van der Waals surface area contributed by atoms with E-state index in [1.54, 1.807) is 12.1 Å². The second-order valence-electron chi connectivity index (χ2n) is 6.01. The summed E-state index contributed by atoms with van der Waals surface area (Å²) in [4.78, 5) is 24.7. The minimum Gasteiger partial charge on any atom is -0.465 e. The molecule has 0 radical (unpaired) electrons. The van der Waals surface area contributed by atoms with Crippen molar-refractivity contribution in [2.24, 2.45) is 0 Å². The van der Waals surface area contributed by atoms with E-state index in [4.69, 9.17) is 0 Å². The van der Waals surface area contributed by atoms with E-state index < -0.39 is 0 Å². The van der Waals surface area contributed by atoms with Crippen LogP contribution in [0.3, 0.4) is 0 Å². The third kappa shape index (κ3) is 5.69. The SMILES string of the molecule is COC(=O)c1ccc(C[NH+](C)CC(=O)Nc2ccc(Br)cc2C)cc1. The first kappa shape index (κ1) is 19.1. The summed E-state index contributed by atoms with van der Waals surface area (Å²) in [6.45, 7) is 3.00. The third-order valence-electron chi connectivity index (χ3n) is 3.81. The van der Waals surface area contributed by atoms with Crippen LogP contribution in [0.5, 0.6) is 0 Å². The Kier molecular flexibility index (Phi) is 6.73. The van der Waals surface area contributed by atoms with Crippen LogP contribution in [-0.2, 0) is 16.1 Å². The molecule has 0 bridgehead atoms. The van der Waals surface area contributed by atoms with Gasteiger partial charge in [0.15, 0.2) is 6.54 Å². The van der Waals surface area contributed by atoms with Gasteiger partial charge in [-0.2, -0.15) is 0 Å². The van der Waals surface area contributed by atoms with E-state index in [1.165, 1.54) is 7.11 Å². The van der Waals surface area contributed by atoms with Gasteiger partial charge in [0.2, 0.25) is 0 Å². The molecule has 2 aromatic carbocycles. The molecule has 0 aliphatic carbocycles. The molecule has 2 N–H and O–H groups in total. The van der Waals surface area contributed by atoms with Gasteiger partial charge < -0.3 is 15.0 Å². The number of carbonyl (C=O) groups is 2. The lowest BCUT2D eigenvalue weighted by molar-refractivity contribution is -0.885. The molecule has 132 valence electrons. The molecule has 6 heteroatoms. The number of anilines is 1. The Morgan fingerprint density at radius 1 is 1.16 bits per heavy atom. The average molecular weight is 406 g/mol. The van der Waals surface area contributed by atoms with Crippen molar-refractivity contribution in [2.45, 2.75) is 13.5 Å². The fourth-order valence-corrected chi connectivity index (χ4v) is 3.00. The molecular weight excluding hydrogens is 384 g/mol. The van der Waals surface area contributed by atoms with Crippen molar-refractivity contribution < 1.29 is 19.2 Å². The van der Waals surface area contributed by atoms with Crippen molar-refractivity contribution >= 4 is 33.5 Å². The number of likely N-dealkylation sites (N-methyl/N-ethyl adjacent to an activating group) is 1. The van der Waals surface area contributed by atoms with Crippen LogP contribution in [0.25, 0.3) is 0 Å². The van der Waals surface area contributed by atoms with E-state index in [1.807, 2.05) is 44.3 Å². The fourth-order valence-electron chi connectivity index (χ4n) is 2.52. The van der Waals surface area contributed by atoms with Crippen LogP contribution in [0.4, 0.5) is 5.69 Å². The topological polar surface area (TPSA) is 59.8 Å². The lowest BCUT2D eigenvalue weighted by Gasteiger charge is -2.15. The Labute approximate surface area is 156 Å². The van der Waals surface area contributed by atoms with Gasteiger partial charge in [-0.25, -0.2) is 4.79 Å². The highest BCUT2D eigenvalue weighted by atomic mass is 79.9. The van der Waals surface area contributed by atoms with Gasteiger partial charge in [-0.3, -0.25) is 4.79 Å². The standard InChI is InChI=1S/C19H21BrN2O3/c1-13-10-16(20)8-9-17(13)21-18(23)12-22(2)11-14-4-6-15(7-5-14)19(24)25-3/h4-10H,11-12H2,1-3H3,(H,21,23)/p+1. The molecule has 5 nitrogen and oxygen atoms in total. The first-order valence-electron chi connectivity index (χ1n) is 7.93. The van der Waals surface area contributed by atoms with E-state index in [2.05, 4.69) is 26.0 Å². The summed E-state index contributed by atoms with van der Waals surface area (Å²) in [6.07, 6.45) is 0. The highest BCUT2D eigenvalue weighted by Crippen LogP contribution is 2.19. The molecule has 0 saturated heterocycles. The van der Waals surface area contributed by atoms with Crippen LogP contribution in [0.15, 0.2) is 46.9 Å². The van der Waals surface area contributed by atoms with Crippen molar-refractivity contribution in [3.8, 4) is 0 Å². The number of benzene rings is 2. The molecule has 0 heterocycles. The molecule has 25 heavy (non-hydrogen) atoms. The van der Waals surface area contributed by atoms with Crippen LogP contribution in [0, 0.1) is 6.92 Å². The molecule has 1 amide bonds. The third-order valence-corrected chi connectivity index (χ3v) is 4.30. The summed E-state index contributed by atoms with van der Waals surface area (Å²) < 4.78 is 5.67. The van der Waals surface area contributed by atoms with Gasteiger partial charge in [0.25, 0.3) is 5.91 Å². The van der Waals surface area contributed by atoms with Gasteiger partial charge in [-0.05, 0) is 42.8 Å². The molecule has 2 aromatic rings. The second kappa shape index (κ2) is 8.78. The molecule has 0 saturated carbocycles. The molecule has 1 atom stereocenters. The van der Waals surface area contributed by atoms with Crippen LogP contribution in [0.2, 0.25) is 0 Å². The number of quaternary nitrogens is 1. The molecule has 1 unspecified atom stereocenters. The predicted molar refractivity (Wildman–Crippen MR) is 101 cm³/mol. The van der Waals surface area contributed by atoms with Crippen molar-refractivity contribution in [2.75, 3.05) is 26.0 Å². The molecule has 0 spiro atoms. The van der Waals surface area contributed by atoms with Crippen LogP contribution in [0.1, 0.15) is 21.5 Å². The molecule has 0 aromatic heterocycles. The lowest BCUT2D eigenvalue weighted by Crippen LogP contribution is -3.08. The molecule has 0 aliphatic rings. The zero-order valence-electron chi connectivity index (χ0n) is 14.6. The Morgan fingerprint density at radius 2 is 1.84 bits per heavy atom. The maximum absolute atomic E-state index is 12.2. The zero-order valence-corrected chi connectivity index (χ0v) is 16.1. The summed E-state index contributed by atoms with van der Waals surface area (Å²) in [5, 5.41) is 2.94. The van der Waals surface area contributed by atoms with E-state index in [-0.39, 0.29) is 11.9 Å². The van der Waals surface area contributed by atoms with E-state index in [9.17, 15) is 9.59 Å². The van der Waals surface area contributed by atoms with Crippen molar-refractivity contribution in [1.82, 2.24) is 0 Å². The Balaban J connectivity index is 1.89. The monoisotopic (exact) mass is 405 g/mol. The van der Waals surface area contributed by atoms with Crippen LogP contribution < -0.4 is 10.2 Å². The fraction of sp³-hybridized carbons (Fsp3) is 0.263. The number of aryl methyl sites for hydroxylation is 1. The smallest absolute Gasteiger partial charge is 0.337 e. The minimum atomic E-state index is -0.350. The van der Waals surface area contributed by atoms with Gasteiger partial charge >= 0.3 is 5.97 Å². The summed E-state index contributed by atoms with van der Waals surface area (Å²) in [7, 11) is 3.32. The first-order valence-corrected chi connectivity index (χ1v) is 8.73. The van der Waals surface area contributed by atoms with Crippen molar-refractivity contribution in [3.05, 3.63) is 63.6 Å². The number of hydrogen-bond donors (Lipinski definition) is 2. The normalized spacial score (nSPS) is 11.7. The summed E-state index contributed by atoms with van der Waals surface area (Å²) in [5.74, 6) is -0.384. The highest BCUT2D eigenvalue weighted by molar-refractivity contribution is 9.10. The molecule has 2 rings (SSSR count). The predicted octanol–water partition coefficient (Wildman–Crippen LogP) is 2.20. The number of rotatable bonds is 6. The Hall–Kier alpha value is -2.18. The Bertz CT molecular complexity index is 760. The molecule has 0 fully saturated rings. The van der Waals surface area contributed by atoms with Crippen LogP contribution >= 0.6 is 15.9 Å². The van der Waals surface area contributed by atoms with Gasteiger partial charge in [-0.15, -0.1) is 0 Å². The molecular formula is C19H22BrN2O3+. The minimum absolute atomic E-state index is 0.0332. The number of amides is 1. The number of hydrogen-bond acceptors (Lipinski definition) is 3. The number of ether oxygens (including phenoxy) is 1. The van der Waals surface area contributed by atoms with Gasteiger partial charge in [0.05, 0.1) is 19.7 Å². The number of carbonyl (C=O) groups excluding carboxylic acids is 2. The van der Waals surface area contributed by atoms with Gasteiger partial charge in [0, 0.05) is 15.7 Å². The van der Waals surface area contributed by atoms with E-state index in [0.29, 0.717) is 18.7 Å². The summed E-state index contributed by atoms with van der Waals surface area (Å²) >= 11 is 3.41. The Morgan fingerprint density at radius 3 is 2.44 bits per heavy atom.